The standard InChI is InChI=1S/C20H38O/c1-6-8-15(3)17-11-10-16-14-19(4,21)12-13-20(16,5)18(17)9-7-2/h15-18,21H,6-14H2,1-5H3/t15-,16+,17-,18?,19-,20-/m0/s1. The van der Waals surface area contributed by atoms with E-state index in [0.29, 0.717) is 5.41 Å². The van der Waals surface area contributed by atoms with Crippen molar-refractivity contribution in [1.82, 2.24) is 0 Å². The van der Waals surface area contributed by atoms with Crippen LogP contribution in [0.1, 0.15) is 92.4 Å². The third-order valence-electron chi connectivity index (χ3n) is 7.11. The second-order valence-electron chi connectivity index (χ2n) is 8.81. The van der Waals surface area contributed by atoms with Gasteiger partial charge in [-0.15, -0.1) is 0 Å². The van der Waals surface area contributed by atoms with Crippen molar-refractivity contribution in [2.75, 3.05) is 0 Å². The largest absolute Gasteiger partial charge is 0.390 e. The fourth-order valence-electron chi connectivity index (χ4n) is 5.82. The molecule has 1 unspecified atom stereocenters. The number of rotatable bonds is 5. The average molecular weight is 295 g/mol. The highest BCUT2D eigenvalue weighted by Gasteiger charge is 2.52. The summed E-state index contributed by atoms with van der Waals surface area (Å²) in [4.78, 5) is 0. The van der Waals surface area contributed by atoms with E-state index in [1.54, 1.807) is 0 Å². The first-order valence-electron chi connectivity index (χ1n) is 9.56. The molecule has 0 spiro atoms. The number of hydrogen-bond donors (Lipinski definition) is 1. The van der Waals surface area contributed by atoms with E-state index in [4.69, 9.17) is 0 Å². The van der Waals surface area contributed by atoms with Gasteiger partial charge in [0.05, 0.1) is 5.60 Å². The van der Waals surface area contributed by atoms with Gasteiger partial charge in [0.2, 0.25) is 0 Å². The molecular formula is C20H38O. The van der Waals surface area contributed by atoms with Crippen molar-refractivity contribution in [2.45, 2.75) is 98.0 Å². The third-order valence-corrected chi connectivity index (χ3v) is 7.11. The maximum Gasteiger partial charge on any atom is 0.0622 e. The zero-order valence-corrected chi connectivity index (χ0v) is 15.1. The van der Waals surface area contributed by atoms with Crippen LogP contribution in [-0.4, -0.2) is 10.7 Å². The van der Waals surface area contributed by atoms with Crippen molar-refractivity contribution < 1.29 is 5.11 Å². The summed E-state index contributed by atoms with van der Waals surface area (Å²) in [5.74, 6) is 3.45. The molecule has 0 aromatic heterocycles. The van der Waals surface area contributed by atoms with Crippen molar-refractivity contribution in [3.63, 3.8) is 0 Å². The van der Waals surface area contributed by atoms with E-state index < -0.39 is 5.60 Å². The normalized spacial score (nSPS) is 45.1. The molecule has 0 aliphatic heterocycles. The minimum Gasteiger partial charge on any atom is -0.390 e. The van der Waals surface area contributed by atoms with Crippen LogP contribution in [0.3, 0.4) is 0 Å². The van der Waals surface area contributed by atoms with Crippen LogP contribution in [0.4, 0.5) is 0 Å². The van der Waals surface area contributed by atoms with Crippen LogP contribution in [0, 0.1) is 29.1 Å². The lowest BCUT2D eigenvalue weighted by molar-refractivity contribution is -0.118. The van der Waals surface area contributed by atoms with E-state index >= 15 is 0 Å². The molecular weight excluding hydrogens is 256 g/mol. The van der Waals surface area contributed by atoms with Crippen LogP contribution in [0.2, 0.25) is 0 Å². The zero-order valence-electron chi connectivity index (χ0n) is 15.1. The van der Waals surface area contributed by atoms with Gasteiger partial charge in [0.1, 0.15) is 0 Å². The summed E-state index contributed by atoms with van der Waals surface area (Å²) in [5.41, 5.74) is 0.0893. The van der Waals surface area contributed by atoms with E-state index in [0.717, 1.165) is 36.5 Å². The maximum absolute atomic E-state index is 10.5. The lowest BCUT2D eigenvalue weighted by Gasteiger charge is -2.57. The first-order valence-corrected chi connectivity index (χ1v) is 9.56. The van der Waals surface area contributed by atoms with Crippen molar-refractivity contribution in [1.29, 1.82) is 0 Å². The van der Waals surface area contributed by atoms with Gasteiger partial charge < -0.3 is 5.11 Å². The van der Waals surface area contributed by atoms with Crippen LogP contribution in [0.25, 0.3) is 0 Å². The second-order valence-corrected chi connectivity index (χ2v) is 8.81. The highest BCUT2D eigenvalue weighted by molar-refractivity contribution is 5.02. The lowest BCUT2D eigenvalue weighted by atomic mass is 9.48. The molecule has 1 N–H and O–H groups in total. The van der Waals surface area contributed by atoms with Crippen LogP contribution >= 0.6 is 0 Å². The Bertz CT molecular complexity index is 335. The van der Waals surface area contributed by atoms with Crippen molar-refractivity contribution in [3.05, 3.63) is 0 Å². The van der Waals surface area contributed by atoms with Gasteiger partial charge in [-0.05, 0) is 74.5 Å². The average Bonchev–Trinajstić information content (AvgIpc) is 2.41. The topological polar surface area (TPSA) is 20.2 Å². The third kappa shape index (κ3) is 3.49. The molecule has 21 heavy (non-hydrogen) atoms. The Labute approximate surface area is 132 Å². The smallest absolute Gasteiger partial charge is 0.0622 e. The summed E-state index contributed by atoms with van der Waals surface area (Å²) in [5, 5.41) is 10.5. The SMILES string of the molecule is CCCC1[C@H]([C@@H](C)CCC)CC[C@@H]2C[C@@](C)(O)CC[C@]12C. The Hall–Kier alpha value is -0.0400. The Morgan fingerprint density at radius 2 is 1.81 bits per heavy atom. The molecule has 0 bridgehead atoms. The predicted molar refractivity (Wildman–Crippen MR) is 91.3 cm³/mol. The Morgan fingerprint density at radius 3 is 2.43 bits per heavy atom. The highest BCUT2D eigenvalue weighted by Crippen LogP contribution is 2.59. The van der Waals surface area contributed by atoms with E-state index in [9.17, 15) is 5.11 Å². The molecule has 124 valence electrons. The molecule has 6 atom stereocenters. The zero-order chi connectivity index (χ0) is 15.7. The number of hydrogen-bond acceptors (Lipinski definition) is 1. The number of aliphatic hydroxyl groups is 1. The molecule has 0 amide bonds. The molecule has 2 aliphatic rings. The fraction of sp³-hybridized carbons (Fsp3) is 1.00. The summed E-state index contributed by atoms with van der Waals surface area (Å²) in [7, 11) is 0. The maximum atomic E-state index is 10.5. The summed E-state index contributed by atoms with van der Waals surface area (Å²) in [6.45, 7) is 11.8. The molecule has 0 heterocycles. The molecule has 2 aliphatic carbocycles. The van der Waals surface area contributed by atoms with Gasteiger partial charge in [0, 0.05) is 0 Å². The van der Waals surface area contributed by atoms with E-state index in [-0.39, 0.29) is 0 Å². The van der Waals surface area contributed by atoms with Crippen molar-refractivity contribution in [2.24, 2.45) is 29.1 Å². The number of fused-ring (bicyclic) bond motifs is 1. The summed E-state index contributed by atoms with van der Waals surface area (Å²) in [6, 6.07) is 0. The molecule has 2 saturated carbocycles. The Balaban J connectivity index is 2.20. The van der Waals surface area contributed by atoms with Crippen LogP contribution < -0.4 is 0 Å². The van der Waals surface area contributed by atoms with Crippen LogP contribution in [0.15, 0.2) is 0 Å². The van der Waals surface area contributed by atoms with Crippen LogP contribution in [-0.2, 0) is 0 Å². The van der Waals surface area contributed by atoms with Crippen molar-refractivity contribution >= 4 is 0 Å². The minimum absolute atomic E-state index is 0.400. The molecule has 2 rings (SSSR count). The molecule has 0 aromatic rings. The molecule has 1 nitrogen and oxygen atoms in total. The van der Waals surface area contributed by atoms with Gasteiger partial charge in [0.25, 0.3) is 0 Å². The second kappa shape index (κ2) is 6.60. The van der Waals surface area contributed by atoms with E-state index in [1.807, 2.05) is 0 Å². The van der Waals surface area contributed by atoms with Gasteiger partial charge in [0.15, 0.2) is 0 Å². The molecule has 0 radical (unpaired) electrons. The quantitative estimate of drug-likeness (QED) is 0.678. The molecule has 1 heteroatoms. The highest BCUT2D eigenvalue weighted by atomic mass is 16.3. The van der Waals surface area contributed by atoms with Gasteiger partial charge in [-0.3, -0.25) is 0 Å². The molecule has 0 aromatic carbocycles. The monoisotopic (exact) mass is 294 g/mol. The summed E-state index contributed by atoms with van der Waals surface area (Å²) >= 11 is 0. The van der Waals surface area contributed by atoms with E-state index in [2.05, 4.69) is 34.6 Å². The molecule has 2 fully saturated rings. The van der Waals surface area contributed by atoms with E-state index in [1.165, 1.54) is 44.9 Å². The fourth-order valence-corrected chi connectivity index (χ4v) is 5.82. The Morgan fingerprint density at radius 1 is 1.10 bits per heavy atom. The lowest BCUT2D eigenvalue weighted by Crippen LogP contribution is -2.51. The van der Waals surface area contributed by atoms with Gasteiger partial charge in [-0.2, -0.15) is 0 Å². The summed E-state index contributed by atoms with van der Waals surface area (Å²) < 4.78 is 0. The van der Waals surface area contributed by atoms with Gasteiger partial charge >= 0.3 is 0 Å². The summed E-state index contributed by atoms with van der Waals surface area (Å²) in [6.07, 6.45) is 11.5. The van der Waals surface area contributed by atoms with Gasteiger partial charge in [-0.25, -0.2) is 0 Å². The predicted octanol–water partition coefficient (Wildman–Crippen LogP) is 5.81. The Kier molecular flexibility index (Phi) is 5.45. The van der Waals surface area contributed by atoms with Crippen LogP contribution in [0.5, 0.6) is 0 Å². The first kappa shape index (κ1) is 17.3. The van der Waals surface area contributed by atoms with Crippen molar-refractivity contribution in [3.8, 4) is 0 Å². The van der Waals surface area contributed by atoms with Gasteiger partial charge in [-0.1, -0.05) is 47.0 Å². The molecule has 0 saturated heterocycles. The first-order chi connectivity index (χ1) is 9.84. The minimum atomic E-state index is -0.400.